The number of nitrogens with zero attached hydrogens (tertiary/aromatic N) is 2. The summed E-state index contributed by atoms with van der Waals surface area (Å²) in [5.74, 6) is 0.847. The van der Waals surface area contributed by atoms with Crippen molar-refractivity contribution in [3.8, 4) is 0 Å². The van der Waals surface area contributed by atoms with Crippen LogP contribution in [-0.2, 0) is 4.57 Å². The van der Waals surface area contributed by atoms with Gasteiger partial charge >= 0.3 is 7.80 Å². The number of nitrogens with one attached hydrogen (secondary N) is 1. The molecule has 0 amide bonds. The zero-order valence-electron chi connectivity index (χ0n) is 15.9. The summed E-state index contributed by atoms with van der Waals surface area (Å²) in [5, 5.41) is 4.39. The maximum atomic E-state index is 9.59. The number of aromatic nitrogens is 2. The van der Waals surface area contributed by atoms with Gasteiger partial charge in [-0.2, -0.15) is 0 Å². The molecule has 0 saturated heterocycles. The maximum absolute atomic E-state index is 9.59. The molecule has 0 atom stereocenters. The molecule has 25 heavy (non-hydrogen) atoms. The Labute approximate surface area is 151 Å². The number of fused-ring (bicyclic) bond motifs is 1. The Balaban J connectivity index is 0.000000461. The standard InChI is InChI=1S/C16H15N3.C2H6OP.C2H6/c1-11-8-14-15(9-12(11)2)17-10-18-16(14)19-13-6-4-3-5-7-13;1-4(2)3;1-2/h3-10H,1-2H3,(H,17,18,19);1-2H3;1-2H3/q;+1;. The molecule has 2 aromatic carbocycles. The van der Waals surface area contributed by atoms with Crippen LogP contribution in [0.25, 0.3) is 10.9 Å². The molecule has 1 heterocycles. The Bertz CT molecular complexity index is 816. The van der Waals surface area contributed by atoms with E-state index in [1.54, 1.807) is 19.7 Å². The summed E-state index contributed by atoms with van der Waals surface area (Å²) >= 11 is 0. The van der Waals surface area contributed by atoms with Crippen LogP contribution in [0.3, 0.4) is 0 Å². The summed E-state index contributed by atoms with van der Waals surface area (Å²) in [6.07, 6.45) is 1.60. The van der Waals surface area contributed by atoms with Crippen molar-refractivity contribution >= 4 is 30.2 Å². The number of para-hydroxylation sites is 1. The third kappa shape index (κ3) is 6.60. The van der Waals surface area contributed by atoms with Crippen LogP contribution in [-0.4, -0.2) is 23.3 Å². The molecule has 132 valence electrons. The van der Waals surface area contributed by atoms with Crippen molar-refractivity contribution in [3.63, 3.8) is 0 Å². The van der Waals surface area contributed by atoms with Gasteiger partial charge in [-0.25, -0.2) is 9.97 Å². The van der Waals surface area contributed by atoms with Crippen LogP contribution >= 0.6 is 7.80 Å². The zero-order valence-corrected chi connectivity index (χ0v) is 16.8. The van der Waals surface area contributed by atoms with E-state index in [9.17, 15) is 4.57 Å². The van der Waals surface area contributed by atoms with Gasteiger partial charge in [-0.1, -0.05) is 36.6 Å². The van der Waals surface area contributed by atoms with Crippen LogP contribution in [0.1, 0.15) is 25.0 Å². The zero-order chi connectivity index (χ0) is 18.8. The Kier molecular flexibility index (Phi) is 8.73. The van der Waals surface area contributed by atoms with Gasteiger partial charge in [0.25, 0.3) is 0 Å². The van der Waals surface area contributed by atoms with Crippen molar-refractivity contribution < 1.29 is 4.57 Å². The maximum Gasteiger partial charge on any atom is 0.332 e. The highest BCUT2D eigenvalue weighted by Crippen LogP contribution is 2.25. The van der Waals surface area contributed by atoms with Crippen LogP contribution in [0.2, 0.25) is 0 Å². The number of hydrogen-bond acceptors (Lipinski definition) is 4. The number of aryl methyl sites for hydroxylation is 2. The highest BCUT2D eigenvalue weighted by atomic mass is 31.1. The topological polar surface area (TPSA) is 54.9 Å². The van der Waals surface area contributed by atoms with Gasteiger partial charge in [0.2, 0.25) is 0 Å². The first-order valence-electron chi connectivity index (χ1n) is 8.36. The smallest absolute Gasteiger partial charge is 0.332 e. The van der Waals surface area contributed by atoms with Crippen LogP contribution < -0.4 is 5.32 Å². The largest absolute Gasteiger partial charge is 0.340 e. The molecule has 0 aliphatic rings. The first-order valence-corrected chi connectivity index (χ1v) is 10.5. The van der Waals surface area contributed by atoms with Crippen molar-refractivity contribution in [2.75, 3.05) is 18.6 Å². The Morgan fingerprint density at radius 1 is 0.920 bits per heavy atom. The predicted octanol–water partition coefficient (Wildman–Crippen LogP) is 6.09. The summed E-state index contributed by atoms with van der Waals surface area (Å²) < 4.78 is 9.59. The molecule has 0 radical (unpaired) electrons. The molecule has 1 N–H and O–H groups in total. The number of hydrogen-bond donors (Lipinski definition) is 1. The average molecular weight is 356 g/mol. The van der Waals surface area contributed by atoms with E-state index in [-0.39, 0.29) is 0 Å². The molecule has 0 aliphatic carbocycles. The lowest BCUT2D eigenvalue weighted by Crippen LogP contribution is -1.96. The first-order chi connectivity index (χ1) is 12.0. The van der Waals surface area contributed by atoms with E-state index in [2.05, 4.69) is 41.3 Å². The molecule has 3 aromatic rings. The number of anilines is 2. The molecule has 1 aromatic heterocycles. The van der Waals surface area contributed by atoms with Gasteiger partial charge in [0.15, 0.2) is 0 Å². The van der Waals surface area contributed by atoms with E-state index in [1.807, 2.05) is 44.2 Å². The number of benzene rings is 2. The molecular formula is C20H27N3OP+. The molecule has 5 heteroatoms. The monoisotopic (exact) mass is 356 g/mol. The van der Waals surface area contributed by atoms with Crippen molar-refractivity contribution in [2.45, 2.75) is 27.7 Å². The minimum Gasteiger partial charge on any atom is -0.340 e. The fraction of sp³-hybridized carbons (Fsp3) is 0.300. The average Bonchev–Trinajstić information content (AvgIpc) is 2.59. The highest BCUT2D eigenvalue weighted by molar-refractivity contribution is 7.42. The first kappa shape index (κ1) is 20.7. The lowest BCUT2D eigenvalue weighted by atomic mass is 10.1. The molecule has 0 aliphatic heterocycles. The molecule has 0 fully saturated rings. The van der Waals surface area contributed by atoms with Gasteiger partial charge in [0.05, 0.1) is 5.52 Å². The second-order valence-electron chi connectivity index (χ2n) is 5.48. The van der Waals surface area contributed by atoms with Crippen LogP contribution in [0.15, 0.2) is 48.8 Å². The third-order valence-corrected chi connectivity index (χ3v) is 3.29. The fourth-order valence-corrected chi connectivity index (χ4v) is 2.07. The second kappa shape index (κ2) is 10.5. The highest BCUT2D eigenvalue weighted by Gasteiger charge is 2.05. The van der Waals surface area contributed by atoms with Gasteiger partial charge < -0.3 is 5.32 Å². The lowest BCUT2D eigenvalue weighted by molar-refractivity contribution is 0.594. The second-order valence-corrected chi connectivity index (χ2v) is 7.10. The lowest BCUT2D eigenvalue weighted by Gasteiger charge is -2.09. The van der Waals surface area contributed by atoms with Gasteiger partial charge in [0.1, 0.15) is 25.5 Å². The van der Waals surface area contributed by atoms with E-state index in [1.165, 1.54) is 11.1 Å². The van der Waals surface area contributed by atoms with Crippen molar-refractivity contribution in [3.05, 3.63) is 59.9 Å². The molecule has 0 unspecified atom stereocenters. The van der Waals surface area contributed by atoms with E-state index >= 15 is 0 Å². The molecule has 0 saturated carbocycles. The molecular weight excluding hydrogens is 329 g/mol. The normalized spacial score (nSPS) is 9.36. The third-order valence-electron chi connectivity index (χ3n) is 3.29. The molecule has 0 bridgehead atoms. The summed E-state index contributed by atoms with van der Waals surface area (Å²) in [6.45, 7) is 11.6. The summed E-state index contributed by atoms with van der Waals surface area (Å²) in [4.78, 5) is 8.69. The van der Waals surface area contributed by atoms with Gasteiger partial charge in [0, 0.05) is 11.1 Å². The van der Waals surface area contributed by atoms with E-state index in [0.717, 1.165) is 22.4 Å². The minimum absolute atomic E-state index is 0.847. The van der Waals surface area contributed by atoms with E-state index in [4.69, 9.17) is 0 Å². The Morgan fingerprint density at radius 2 is 1.48 bits per heavy atom. The minimum atomic E-state index is -0.870. The summed E-state index contributed by atoms with van der Waals surface area (Å²) in [5.41, 5.74) is 4.49. The molecule has 3 rings (SSSR count). The van der Waals surface area contributed by atoms with Crippen LogP contribution in [0.5, 0.6) is 0 Å². The SMILES string of the molecule is CC.C[P+](C)=O.Cc1cc2ncnc(Nc3ccccc3)c2cc1C. The van der Waals surface area contributed by atoms with Crippen molar-refractivity contribution in [1.29, 1.82) is 0 Å². The van der Waals surface area contributed by atoms with E-state index < -0.39 is 7.80 Å². The quantitative estimate of drug-likeness (QED) is 0.565. The van der Waals surface area contributed by atoms with Crippen molar-refractivity contribution in [2.24, 2.45) is 0 Å². The molecule has 0 spiro atoms. The Morgan fingerprint density at radius 3 is 2.08 bits per heavy atom. The predicted molar refractivity (Wildman–Crippen MR) is 110 cm³/mol. The van der Waals surface area contributed by atoms with E-state index in [0.29, 0.717) is 0 Å². The Hall–Kier alpha value is -2.32. The van der Waals surface area contributed by atoms with Crippen LogP contribution in [0, 0.1) is 13.8 Å². The van der Waals surface area contributed by atoms with Crippen LogP contribution in [0.4, 0.5) is 11.5 Å². The van der Waals surface area contributed by atoms with Gasteiger partial charge in [-0.15, -0.1) is 0 Å². The number of rotatable bonds is 2. The summed E-state index contributed by atoms with van der Waals surface area (Å²) in [7, 11) is -0.870. The molecule has 4 nitrogen and oxygen atoms in total. The van der Waals surface area contributed by atoms with Gasteiger partial charge in [-0.05, 0) is 49.2 Å². The summed E-state index contributed by atoms with van der Waals surface area (Å²) in [6, 6.07) is 14.3. The fourth-order valence-electron chi connectivity index (χ4n) is 2.07. The van der Waals surface area contributed by atoms with Crippen molar-refractivity contribution in [1.82, 2.24) is 9.97 Å². The van der Waals surface area contributed by atoms with Gasteiger partial charge in [-0.3, -0.25) is 0 Å².